The second-order valence-corrected chi connectivity index (χ2v) is 4.17. The predicted octanol–water partition coefficient (Wildman–Crippen LogP) is 3.41. The molecule has 0 aliphatic rings. The Morgan fingerprint density at radius 3 is 2.60 bits per heavy atom. The van der Waals surface area contributed by atoms with E-state index in [1.54, 1.807) is 30.3 Å². The first kappa shape index (κ1) is 13.7. The Kier molecular flexibility index (Phi) is 3.75. The first-order chi connectivity index (χ1) is 9.58. The van der Waals surface area contributed by atoms with E-state index in [0.717, 1.165) is 0 Å². The zero-order chi connectivity index (χ0) is 14.7. The molecule has 20 heavy (non-hydrogen) atoms. The van der Waals surface area contributed by atoms with Crippen molar-refractivity contribution in [2.24, 2.45) is 0 Å². The molecule has 0 bridgehead atoms. The summed E-state index contributed by atoms with van der Waals surface area (Å²) in [5.74, 6) is -0.735. The number of hydrogen-bond donors (Lipinski definition) is 2. The molecular formula is C16H14O4. The number of ether oxygens (including phenoxy) is 1. The van der Waals surface area contributed by atoms with Crippen LogP contribution in [-0.2, 0) is 0 Å². The molecule has 0 unspecified atom stereocenters. The average molecular weight is 270 g/mol. The number of phenolic OH excluding ortho intramolecular Hbond substituents is 1. The van der Waals surface area contributed by atoms with Crippen LogP contribution in [0.25, 0.3) is 17.2 Å². The number of aromatic hydroxyl groups is 1. The summed E-state index contributed by atoms with van der Waals surface area (Å²) in [5.41, 5.74) is 1.96. The van der Waals surface area contributed by atoms with Gasteiger partial charge >= 0.3 is 5.97 Å². The lowest BCUT2D eigenvalue weighted by atomic mass is 9.94. The second-order valence-electron chi connectivity index (χ2n) is 4.17. The number of aromatic carboxylic acids is 1. The number of carbonyl (C=O) groups is 1. The number of carboxylic acids is 1. The lowest BCUT2D eigenvalue weighted by Gasteiger charge is -2.12. The number of benzene rings is 2. The molecule has 0 radical (unpaired) electrons. The minimum Gasteiger partial charge on any atom is -0.504 e. The SMILES string of the molecule is C=Cc1cccc(C(=O)O)c1-c1ccc(OC)c(O)c1. The van der Waals surface area contributed by atoms with E-state index in [9.17, 15) is 15.0 Å². The summed E-state index contributed by atoms with van der Waals surface area (Å²) in [5, 5.41) is 19.1. The molecule has 4 heteroatoms. The van der Waals surface area contributed by atoms with Crippen LogP contribution >= 0.6 is 0 Å². The molecule has 0 amide bonds. The summed E-state index contributed by atoms with van der Waals surface area (Å²) in [6.07, 6.45) is 1.59. The quantitative estimate of drug-likeness (QED) is 0.893. The van der Waals surface area contributed by atoms with E-state index in [4.69, 9.17) is 4.74 Å². The normalized spacial score (nSPS) is 10.1. The van der Waals surface area contributed by atoms with Crippen molar-refractivity contribution in [2.75, 3.05) is 7.11 Å². The van der Waals surface area contributed by atoms with Gasteiger partial charge in [0.2, 0.25) is 0 Å². The van der Waals surface area contributed by atoms with E-state index >= 15 is 0 Å². The van der Waals surface area contributed by atoms with E-state index < -0.39 is 5.97 Å². The number of rotatable bonds is 4. The topological polar surface area (TPSA) is 66.8 Å². The van der Waals surface area contributed by atoms with Gasteiger partial charge in [0.25, 0.3) is 0 Å². The molecular weight excluding hydrogens is 256 g/mol. The molecule has 0 aliphatic carbocycles. The van der Waals surface area contributed by atoms with E-state index in [2.05, 4.69) is 6.58 Å². The Bertz CT molecular complexity index is 674. The first-order valence-corrected chi connectivity index (χ1v) is 5.94. The first-order valence-electron chi connectivity index (χ1n) is 5.94. The molecule has 2 aromatic carbocycles. The molecule has 0 heterocycles. The van der Waals surface area contributed by atoms with Crippen molar-refractivity contribution in [3.05, 3.63) is 54.1 Å². The molecule has 2 N–H and O–H groups in total. The molecule has 0 spiro atoms. The summed E-state index contributed by atoms with van der Waals surface area (Å²) in [6, 6.07) is 9.73. The van der Waals surface area contributed by atoms with Gasteiger partial charge in [-0.15, -0.1) is 0 Å². The van der Waals surface area contributed by atoms with E-state index in [0.29, 0.717) is 22.4 Å². The van der Waals surface area contributed by atoms with Crippen LogP contribution in [0.2, 0.25) is 0 Å². The van der Waals surface area contributed by atoms with Gasteiger partial charge in [-0.2, -0.15) is 0 Å². The second kappa shape index (κ2) is 5.48. The van der Waals surface area contributed by atoms with E-state index in [1.165, 1.54) is 19.2 Å². The number of carboxylic acid groups (broad SMARTS) is 1. The summed E-state index contributed by atoms with van der Waals surface area (Å²) in [7, 11) is 1.45. The molecule has 102 valence electrons. The summed E-state index contributed by atoms with van der Waals surface area (Å²) in [6.45, 7) is 3.69. The maximum atomic E-state index is 11.3. The van der Waals surface area contributed by atoms with Crippen LogP contribution in [0, 0.1) is 0 Å². The molecule has 0 aliphatic heterocycles. The average Bonchev–Trinajstić information content (AvgIpc) is 2.46. The van der Waals surface area contributed by atoms with Gasteiger partial charge in [-0.25, -0.2) is 4.79 Å². The predicted molar refractivity (Wildman–Crippen MR) is 77.1 cm³/mol. The molecule has 0 saturated carbocycles. The summed E-state index contributed by atoms with van der Waals surface area (Å²) >= 11 is 0. The monoisotopic (exact) mass is 270 g/mol. The number of methoxy groups -OCH3 is 1. The lowest BCUT2D eigenvalue weighted by molar-refractivity contribution is 0.0697. The minimum atomic E-state index is -1.03. The Hall–Kier alpha value is -2.75. The van der Waals surface area contributed by atoms with Crippen LogP contribution in [0.15, 0.2) is 43.0 Å². The highest BCUT2D eigenvalue weighted by atomic mass is 16.5. The van der Waals surface area contributed by atoms with Crippen molar-refractivity contribution in [1.82, 2.24) is 0 Å². The molecule has 2 rings (SSSR count). The zero-order valence-electron chi connectivity index (χ0n) is 11.0. The van der Waals surface area contributed by atoms with Crippen LogP contribution in [-0.4, -0.2) is 23.3 Å². The minimum absolute atomic E-state index is 0.0415. The van der Waals surface area contributed by atoms with Gasteiger partial charge < -0.3 is 14.9 Å². The summed E-state index contributed by atoms with van der Waals surface area (Å²) < 4.78 is 4.98. The van der Waals surface area contributed by atoms with Gasteiger partial charge in [0.1, 0.15) is 0 Å². The third-order valence-electron chi connectivity index (χ3n) is 3.01. The smallest absolute Gasteiger partial charge is 0.336 e. The molecule has 4 nitrogen and oxygen atoms in total. The van der Waals surface area contributed by atoms with Crippen LogP contribution < -0.4 is 4.74 Å². The van der Waals surface area contributed by atoms with Crippen molar-refractivity contribution in [3.8, 4) is 22.6 Å². The third-order valence-corrected chi connectivity index (χ3v) is 3.01. The summed E-state index contributed by atoms with van der Waals surface area (Å²) in [4.78, 5) is 11.3. The van der Waals surface area contributed by atoms with Crippen LogP contribution in [0.3, 0.4) is 0 Å². The van der Waals surface area contributed by atoms with Gasteiger partial charge in [-0.1, -0.05) is 30.9 Å². The highest BCUT2D eigenvalue weighted by Gasteiger charge is 2.15. The van der Waals surface area contributed by atoms with Crippen LogP contribution in [0.1, 0.15) is 15.9 Å². The Balaban J connectivity index is 2.70. The van der Waals surface area contributed by atoms with Gasteiger partial charge in [0, 0.05) is 5.56 Å². The zero-order valence-corrected chi connectivity index (χ0v) is 11.0. The fourth-order valence-electron chi connectivity index (χ4n) is 2.09. The maximum absolute atomic E-state index is 11.3. The third kappa shape index (κ3) is 2.36. The number of phenols is 1. The maximum Gasteiger partial charge on any atom is 0.336 e. The fraction of sp³-hybridized carbons (Fsp3) is 0.0625. The Labute approximate surface area is 116 Å². The lowest BCUT2D eigenvalue weighted by Crippen LogP contribution is -2.01. The number of hydrogen-bond acceptors (Lipinski definition) is 3. The Morgan fingerprint density at radius 2 is 2.05 bits per heavy atom. The van der Waals surface area contributed by atoms with E-state index in [1.807, 2.05) is 0 Å². The molecule has 2 aromatic rings. The van der Waals surface area contributed by atoms with Gasteiger partial charge in [-0.05, 0) is 29.3 Å². The standard InChI is InChI=1S/C16H14O4/c1-3-10-5-4-6-12(16(18)19)15(10)11-7-8-14(20-2)13(17)9-11/h3-9,17H,1H2,2H3,(H,18,19). The largest absolute Gasteiger partial charge is 0.504 e. The van der Waals surface area contributed by atoms with Gasteiger partial charge in [-0.3, -0.25) is 0 Å². The molecule has 0 aromatic heterocycles. The fourth-order valence-corrected chi connectivity index (χ4v) is 2.09. The molecule has 0 saturated heterocycles. The van der Waals surface area contributed by atoms with Crippen molar-refractivity contribution in [1.29, 1.82) is 0 Å². The van der Waals surface area contributed by atoms with Crippen molar-refractivity contribution in [2.45, 2.75) is 0 Å². The van der Waals surface area contributed by atoms with E-state index in [-0.39, 0.29) is 11.3 Å². The molecule has 0 fully saturated rings. The highest BCUT2D eigenvalue weighted by molar-refractivity contribution is 5.98. The van der Waals surface area contributed by atoms with Gasteiger partial charge in [0.15, 0.2) is 11.5 Å². The van der Waals surface area contributed by atoms with Gasteiger partial charge in [0.05, 0.1) is 12.7 Å². The molecule has 0 atom stereocenters. The van der Waals surface area contributed by atoms with Crippen molar-refractivity contribution in [3.63, 3.8) is 0 Å². The van der Waals surface area contributed by atoms with Crippen LogP contribution in [0.4, 0.5) is 0 Å². The van der Waals surface area contributed by atoms with Crippen molar-refractivity contribution < 1.29 is 19.7 Å². The van der Waals surface area contributed by atoms with Crippen molar-refractivity contribution >= 4 is 12.0 Å². The Morgan fingerprint density at radius 1 is 1.30 bits per heavy atom. The van der Waals surface area contributed by atoms with Crippen LogP contribution in [0.5, 0.6) is 11.5 Å². The highest BCUT2D eigenvalue weighted by Crippen LogP contribution is 2.35.